The first kappa shape index (κ1) is 29.9. The smallest absolute Gasteiger partial charge is 0.164 e. The number of fused-ring (bicyclic) bond motifs is 3. The average Bonchev–Trinajstić information content (AvgIpc) is 3.56. The van der Waals surface area contributed by atoms with Crippen LogP contribution in [0.15, 0.2) is 146 Å². The van der Waals surface area contributed by atoms with Gasteiger partial charge in [-0.2, -0.15) is 0 Å². The summed E-state index contributed by atoms with van der Waals surface area (Å²) >= 11 is 1.78. The summed E-state index contributed by atoms with van der Waals surface area (Å²) in [5.74, 6) is 4.18. The lowest BCUT2D eigenvalue weighted by atomic mass is 9.95. The molecule has 3 aromatic heterocycles. The van der Waals surface area contributed by atoms with Crippen LogP contribution in [-0.2, 0) is 0 Å². The van der Waals surface area contributed by atoms with E-state index in [9.17, 15) is 0 Å². The Morgan fingerprint density at radius 2 is 0.960 bits per heavy atom. The number of nitrogens with zero attached hydrogens (tertiary/aromatic N) is 6. The molecule has 3 heterocycles. The van der Waals surface area contributed by atoms with Gasteiger partial charge in [-0.15, -0.1) is 11.3 Å². The predicted molar refractivity (Wildman–Crippen MR) is 204 cm³/mol. The molecule has 1 atom stereocenters. The number of rotatable bonds is 6. The van der Waals surface area contributed by atoms with Gasteiger partial charge >= 0.3 is 0 Å². The van der Waals surface area contributed by atoms with Crippen molar-refractivity contribution in [1.82, 2.24) is 29.9 Å². The molecule has 0 aliphatic heterocycles. The Hall–Kier alpha value is -6.18. The van der Waals surface area contributed by atoms with Crippen LogP contribution in [0, 0.1) is 5.92 Å². The van der Waals surface area contributed by atoms with Crippen molar-refractivity contribution in [3.63, 3.8) is 0 Å². The highest BCUT2D eigenvalue weighted by Crippen LogP contribution is 2.36. The van der Waals surface area contributed by atoms with Gasteiger partial charge < -0.3 is 0 Å². The minimum Gasteiger partial charge on any atom is -0.209 e. The van der Waals surface area contributed by atoms with E-state index < -0.39 is 0 Å². The van der Waals surface area contributed by atoms with Gasteiger partial charge in [0.25, 0.3) is 0 Å². The molecule has 0 amide bonds. The minimum atomic E-state index is 0.412. The largest absolute Gasteiger partial charge is 0.209 e. The molecule has 0 spiro atoms. The van der Waals surface area contributed by atoms with Crippen LogP contribution in [0.25, 0.3) is 82.7 Å². The Kier molecular flexibility index (Phi) is 7.59. The van der Waals surface area contributed by atoms with Crippen LogP contribution in [0.3, 0.4) is 0 Å². The molecule has 7 heteroatoms. The second-order valence-corrected chi connectivity index (χ2v) is 13.6. The molecule has 238 valence electrons. The Bertz CT molecular complexity index is 2590. The third-order valence-electron chi connectivity index (χ3n) is 8.92. The number of hydrogen-bond acceptors (Lipinski definition) is 7. The zero-order valence-corrected chi connectivity index (χ0v) is 28.0. The highest BCUT2D eigenvalue weighted by Gasteiger charge is 2.18. The molecule has 1 unspecified atom stereocenters. The monoisotopic (exact) mass is 662 g/mol. The fraction of sp³-hybridized carbons (Fsp3) is 0.0698. The number of allylic oxidation sites excluding steroid dienone is 4. The number of thiophene rings is 1. The topological polar surface area (TPSA) is 77.3 Å². The summed E-state index contributed by atoms with van der Waals surface area (Å²) in [5.41, 5.74) is 5.62. The molecule has 0 saturated carbocycles. The van der Waals surface area contributed by atoms with E-state index in [1.54, 1.807) is 11.3 Å². The van der Waals surface area contributed by atoms with Crippen LogP contribution < -0.4 is 0 Å². The lowest BCUT2D eigenvalue weighted by Gasteiger charge is -2.15. The van der Waals surface area contributed by atoms with Gasteiger partial charge in [-0.3, -0.25) is 0 Å². The van der Waals surface area contributed by atoms with Crippen molar-refractivity contribution in [1.29, 1.82) is 0 Å². The molecule has 1 aliphatic carbocycles. The maximum atomic E-state index is 5.07. The molecule has 8 aromatic rings. The van der Waals surface area contributed by atoms with Gasteiger partial charge in [0.05, 0.1) is 0 Å². The van der Waals surface area contributed by atoms with Crippen LogP contribution in [0.1, 0.15) is 19.2 Å². The lowest BCUT2D eigenvalue weighted by Crippen LogP contribution is -2.06. The quantitative estimate of drug-likeness (QED) is 0.176. The first-order chi connectivity index (χ1) is 24.6. The Balaban J connectivity index is 1.18. The summed E-state index contributed by atoms with van der Waals surface area (Å²) in [6, 6.07) is 43.3. The second kappa shape index (κ2) is 12.7. The summed E-state index contributed by atoms with van der Waals surface area (Å²) in [4.78, 5) is 30.0. The summed E-state index contributed by atoms with van der Waals surface area (Å²) in [5, 5.41) is 2.50. The zero-order chi connectivity index (χ0) is 33.4. The fourth-order valence-electron chi connectivity index (χ4n) is 6.39. The van der Waals surface area contributed by atoms with E-state index in [0.29, 0.717) is 40.9 Å². The van der Waals surface area contributed by atoms with Crippen molar-refractivity contribution >= 4 is 37.1 Å². The molecule has 5 aromatic carbocycles. The van der Waals surface area contributed by atoms with E-state index in [1.807, 2.05) is 78.9 Å². The van der Waals surface area contributed by atoms with Crippen molar-refractivity contribution in [3.8, 4) is 56.9 Å². The molecule has 0 N–H and O–H groups in total. The normalized spacial score (nSPS) is 14.3. The molecule has 1 aliphatic rings. The predicted octanol–water partition coefficient (Wildman–Crippen LogP) is 10.7. The van der Waals surface area contributed by atoms with Gasteiger partial charge in [0, 0.05) is 48.0 Å². The van der Waals surface area contributed by atoms with Gasteiger partial charge in [0.2, 0.25) is 0 Å². The van der Waals surface area contributed by atoms with Crippen molar-refractivity contribution in [2.75, 3.05) is 0 Å². The molecule has 50 heavy (non-hydrogen) atoms. The lowest BCUT2D eigenvalue weighted by molar-refractivity contribution is 0.742. The van der Waals surface area contributed by atoms with Gasteiger partial charge in [-0.25, -0.2) is 29.9 Å². The maximum absolute atomic E-state index is 5.07. The van der Waals surface area contributed by atoms with Crippen LogP contribution >= 0.6 is 11.3 Å². The van der Waals surface area contributed by atoms with Crippen molar-refractivity contribution < 1.29 is 0 Å². The molecule has 9 rings (SSSR count). The standard InChI is InChI=1S/C43H30N6S/c1-27-12-10-17-30(24-27)40-44-38(28-13-4-2-5-14-28)45-41(48-40)31-18-11-19-32(25-31)42-46-39(29-15-6-3-7-16-29)47-43(49-42)33-22-23-35-34-20-8-9-21-36(34)50-37(35)26-33/h2-23,25-27H,24H2,1H3. The van der Waals surface area contributed by atoms with Crippen molar-refractivity contribution in [3.05, 3.63) is 151 Å². The van der Waals surface area contributed by atoms with Crippen LogP contribution in [0.4, 0.5) is 0 Å². The van der Waals surface area contributed by atoms with E-state index >= 15 is 0 Å². The Labute approximate surface area is 293 Å². The zero-order valence-electron chi connectivity index (χ0n) is 27.2. The van der Waals surface area contributed by atoms with Crippen molar-refractivity contribution in [2.45, 2.75) is 13.3 Å². The molecular formula is C43H30N6S. The van der Waals surface area contributed by atoms with Crippen molar-refractivity contribution in [2.24, 2.45) is 5.92 Å². The molecule has 0 radical (unpaired) electrons. The molecule has 6 nitrogen and oxygen atoms in total. The SMILES string of the molecule is CC1C=CC=C(c2nc(-c3ccccc3)nc(-c3cccc(-c4nc(-c5ccccc5)nc(-c5ccc6c(c5)sc5ccccc56)n4)c3)n2)C1. The van der Waals surface area contributed by atoms with Gasteiger partial charge in [-0.1, -0.05) is 134 Å². The third-order valence-corrected chi connectivity index (χ3v) is 10.1. The molecule has 0 fully saturated rings. The maximum Gasteiger partial charge on any atom is 0.164 e. The first-order valence-corrected chi connectivity index (χ1v) is 17.5. The minimum absolute atomic E-state index is 0.412. The Morgan fingerprint density at radius 1 is 0.460 bits per heavy atom. The summed E-state index contributed by atoms with van der Waals surface area (Å²) < 4.78 is 2.46. The average molecular weight is 663 g/mol. The molecule has 0 bridgehead atoms. The third kappa shape index (κ3) is 5.78. The fourth-order valence-corrected chi connectivity index (χ4v) is 7.53. The first-order valence-electron chi connectivity index (χ1n) is 16.7. The van der Waals surface area contributed by atoms with E-state index in [2.05, 4.69) is 73.7 Å². The number of hydrogen-bond donors (Lipinski definition) is 0. The summed E-state index contributed by atoms with van der Waals surface area (Å²) in [7, 11) is 0. The van der Waals surface area contributed by atoms with E-state index in [4.69, 9.17) is 29.9 Å². The molecular weight excluding hydrogens is 633 g/mol. The second-order valence-electron chi connectivity index (χ2n) is 12.5. The van der Waals surface area contributed by atoms with E-state index in [0.717, 1.165) is 39.8 Å². The van der Waals surface area contributed by atoms with E-state index in [-0.39, 0.29) is 0 Å². The number of benzene rings is 5. The summed E-state index contributed by atoms with van der Waals surface area (Å²) in [6.07, 6.45) is 7.28. The van der Waals surface area contributed by atoms with Gasteiger partial charge in [-0.05, 0) is 36.1 Å². The summed E-state index contributed by atoms with van der Waals surface area (Å²) in [6.45, 7) is 2.21. The number of aromatic nitrogens is 6. The van der Waals surface area contributed by atoms with Crippen LogP contribution in [-0.4, -0.2) is 29.9 Å². The van der Waals surface area contributed by atoms with E-state index in [1.165, 1.54) is 20.2 Å². The van der Waals surface area contributed by atoms with Crippen LogP contribution in [0.2, 0.25) is 0 Å². The van der Waals surface area contributed by atoms with Gasteiger partial charge in [0.15, 0.2) is 34.9 Å². The Morgan fingerprint density at radius 3 is 1.58 bits per heavy atom. The molecule has 0 saturated heterocycles. The highest BCUT2D eigenvalue weighted by atomic mass is 32.1. The van der Waals surface area contributed by atoms with Gasteiger partial charge in [0.1, 0.15) is 0 Å². The van der Waals surface area contributed by atoms with Crippen LogP contribution in [0.5, 0.6) is 0 Å². The highest BCUT2D eigenvalue weighted by molar-refractivity contribution is 7.25.